The van der Waals surface area contributed by atoms with E-state index in [1.165, 1.54) is 17.3 Å². The molecule has 0 aliphatic rings. The van der Waals surface area contributed by atoms with E-state index in [1.54, 1.807) is 12.1 Å². The third-order valence-electron chi connectivity index (χ3n) is 1.44. The topological polar surface area (TPSA) is 26.0 Å². The molecule has 0 aliphatic heterocycles. The third-order valence-corrected chi connectivity index (χ3v) is 3.76. The Morgan fingerprint density at radius 1 is 1.50 bits per heavy atom. The Morgan fingerprint density at radius 2 is 2.21 bits per heavy atom. The van der Waals surface area contributed by atoms with Crippen LogP contribution in [0.1, 0.15) is 0 Å². The molecule has 0 spiro atoms. The molecule has 1 aromatic carbocycles. The van der Waals surface area contributed by atoms with Crippen molar-refractivity contribution in [3.05, 3.63) is 33.8 Å². The second-order valence-electron chi connectivity index (χ2n) is 2.53. The Labute approximate surface area is 102 Å². The van der Waals surface area contributed by atoms with E-state index >= 15 is 0 Å². The number of rotatable bonds is 3. The van der Waals surface area contributed by atoms with Gasteiger partial charge < -0.3 is 5.73 Å². The van der Waals surface area contributed by atoms with E-state index < -0.39 is 0 Å². The zero-order valence-corrected chi connectivity index (χ0v) is 10.2. The summed E-state index contributed by atoms with van der Waals surface area (Å²) in [6.45, 7) is 0. The average molecular weight is 269 g/mol. The Morgan fingerprint density at radius 3 is 2.79 bits per heavy atom. The molecule has 0 fully saturated rings. The maximum absolute atomic E-state index is 5.96. The standard InChI is InChI=1S/C9H8Cl3NS/c10-4-6(11)5-14-9-2-1-7(13)3-8(9)12/h1-4H,5,13H2/b6-4-. The minimum Gasteiger partial charge on any atom is -0.399 e. The number of anilines is 1. The van der Waals surface area contributed by atoms with Crippen molar-refractivity contribution in [2.45, 2.75) is 4.90 Å². The minimum atomic E-state index is 0.588. The molecule has 0 saturated heterocycles. The maximum atomic E-state index is 5.96. The summed E-state index contributed by atoms with van der Waals surface area (Å²) < 4.78 is 0. The van der Waals surface area contributed by atoms with Crippen LogP contribution in [-0.2, 0) is 0 Å². The molecule has 0 bridgehead atoms. The molecule has 0 unspecified atom stereocenters. The van der Waals surface area contributed by atoms with Crippen molar-refractivity contribution in [1.82, 2.24) is 0 Å². The molecule has 0 radical (unpaired) electrons. The van der Waals surface area contributed by atoms with E-state index in [-0.39, 0.29) is 0 Å². The fraction of sp³-hybridized carbons (Fsp3) is 0.111. The molecule has 1 rings (SSSR count). The lowest BCUT2D eigenvalue weighted by molar-refractivity contribution is 1.45. The molecule has 0 atom stereocenters. The van der Waals surface area contributed by atoms with E-state index in [4.69, 9.17) is 40.5 Å². The highest BCUT2D eigenvalue weighted by atomic mass is 35.5. The molecule has 5 heteroatoms. The van der Waals surface area contributed by atoms with Crippen molar-refractivity contribution < 1.29 is 0 Å². The van der Waals surface area contributed by atoms with Gasteiger partial charge in [-0.05, 0) is 18.2 Å². The lowest BCUT2D eigenvalue weighted by Gasteiger charge is -2.03. The predicted molar refractivity (Wildman–Crippen MR) is 66.4 cm³/mol. The fourth-order valence-corrected chi connectivity index (χ4v) is 2.24. The lowest BCUT2D eigenvalue weighted by Crippen LogP contribution is -1.85. The molecule has 0 aromatic heterocycles. The van der Waals surface area contributed by atoms with Gasteiger partial charge in [-0.2, -0.15) is 0 Å². The first-order valence-electron chi connectivity index (χ1n) is 3.76. The van der Waals surface area contributed by atoms with Gasteiger partial charge in [0, 0.05) is 26.9 Å². The van der Waals surface area contributed by atoms with Crippen LogP contribution in [0.2, 0.25) is 5.02 Å². The van der Waals surface area contributed by atoms with Crippen molar-refractivity contribution in [2.75, 3.05) is 11.5 Å². The lowest BCUT2D eigenvalue weighted by atomic mass is 10.3. The van der Waals surface area contributed by atoms with Crippen LogP contribution in [-0.4, -0.2) is 5.75 Å². The van der Waals surface area contributed by atoms with Crippen LogP contribution in [0.3, 0.4) is 0 Å². The largest absolute Gasteiger partial charge is 0.399 e. The monoisotopic (exact) mass is 267 g/mol. The second kappa shape index (κ2) is 5.76. The number of benzene rings is 1. The minimum absolute atomic E-state index is 0.588. The van der Waals surface area contributed by atoms with E-state index in [0.29, 0.717) is 21.5 Å². The summed E-state index contributed by atoms with van der Waals surface area (Å²) >= 11 is 18.6. The van der Waals surface area contributed by atoms with Gasteiger partial charge in [-0.3, -0.25) is 0 Å². The van der Waals surface area contributed by atoms with Crippen LogP contribution in [0, 0.1) is 0 Å². The molecule has 0 amide bonds. The first-order valence-corrected chi connectivity index (χ1v) is 5.94. The summed E-state index contributed by atoms with van der Waals surface area (Å²) in [5.41, 5.74) is 7.56. The first-order chi connectivity index (χ1) is 6.63. The predicted octanol–water partition coefficient (Wildman–Crippen LogP) is 4.33. The zero-order valence-electron chi connectivity index (χ0n) is 7.14. The van der Waals surface area contributed by atoms with E-state index in [2.05, 4.69) is 0 Å². The third kappa shape index (κ3) is 3.62. The number of hydrogen-bond donors (Lipinski definition) is 1. The van der Waals surface area contributed by atoms with Gasteiger partial charge in [-0.15, -0.1) is 11.8 Å². The van der Waals surface area contributed by atoms with Gasteiger partial charge in [0.1, 0.15) is 0 Å². The van der Waals surface area contributed by atoms with Crippen molar-refractivity contribution in [3.8, 4) is 0 Å². The maximum Gasteiger partial charge on any atom is 0.0562 e. The molecule has 0 aliphatic carbocycles. The van der Waals surface area contributed by atoms with Crippen LogP contribution in [0.4, 0.5) is 5.69 Å². The summed E-state index contributed by atoms with van der Waals surface area (Å²) in [5, 5.41) is 1.22. The number of thioether (sulfide) groups is 1. The van der Waals surface area contributed by atoms with Gasteiger partial charge in [-0.1, -0.05) is 34.8 Å². The highest BCUT2D eigenvalue weighted by molar-refractivity contribution is 7.99. The molecule has 14 heavy (non-hydrogen) atoms. The van der Waals surface area contributed by atoms with Gasteiger partial charge in [0.05, 0.1) is 5.02 Å². The number of hydrogen-bond acceptors (Lipinski definition) is 2. The van der Waals surface area contributed by atoms with Gasteiger partial charge >= 0.3 is 0 Å². The van der Waals surface area contributed by atoms with Gasteiger partial charge in [0.15, 0.2) is 0 Å². The number of nitrogens with two attached hydrogens (primary N) is 1. The van der Waals surface area contributed by atoms with E-state index in [9.17, 15) is 0 Å². The molecule has 0 saturated carbocycles. The Bertz CT molecular complexity index is 352. The highest BCUT2D eigenvalue weighted by Gasteiger charge is 2.02. The summed E-state index contributed by atoms with van der Waals surface area (Å²) in [7, 11) is 0. The Hall–Kier alpha value is -0.0200. The Balaban J connectivity index is 2.68. The van der Waals surface area contributed by atoms with Crippen molar-refractivity contribution in [1.29, 1.82) is 0 Å². The Kier molecular flexibility index (Phi) is 4.96. The SMILES string of the molecule is Nc1ccc(SC/C(Cl)=C/Cl)c(Cl)c1. The summed E-state index contributed by atoms with van der Waals surface area (Å²) in [6.07, 6.45) is 0. The van der Waals surface area contributed by atoms with Crippen LogP contribution >= 0.6 is 46.6 Å². The molecular formula is C9H8Cl3NS. The summed E-state index contributed by atoms with van der Waals surface area (Å²) in [6, 6.07) is 5.37. The molecule has 76 valence electrons. The molecule has 1 aromatic rings. The first kappa shape index (κ1) is 12.1. The van der Waals surface area contributed by atoms with Crippen molar-refractivity contribution in [2.24, 2.45) is 0 Å². The highest BCUT2D eigenvalue weighted by Crippen LogP contribution is 2.30. The van der Waals surface area contributed by atoms with E-state index in [0.717, 1.165) is 4.90 Å². The van der Waals surface area contributed by atoms with Gasteiger partial charge in [-0.25, -0.2) is 0 Å². The molecular weight excluding hydrogens is 261 g/mol. The second-order valence-corrected chi connectivity index (χ2v) is 4.66. The summed E-state index contributed by atoms with van der Waals surface area (Å²) in [4.78, 5) is 0.942. The molecule has 2 N–H and O–H groups in total. The van der Waals surface area contributed by atoms with Crippen molar-refractivity contribution >= 4 is 52.3 Å². The van der Waals surface area contributed by atoms with E-state index in [1.807, 2.05) is 6.07 Å². The van der Waals surface area contributed by atoms with Crippen LogP contribution in [0.25, 0.3) is 0 Å². The van der Waals surface area contributed by atoms with Crippen LogP contribution < -0.4 is 5.73 Å². The quantitative estimate of drug-likeness (QED) is 0.652. The summed E-state index contributed by atoms with van der Waals surface area (Å²) in [5.74, 6) is 0.606. The van der Waals surface area contributed by atoms with Gasteiger partial charge in [0.25, 0.3) is 0 Å². The fourth-order valence-electron chi connectivity index (χ4n) is 0.812. The van der Waals surface area contributed by atoms with Crippen LogP contribution in [0.5, 0.6) is 0 Å². The van der Waals surface area contributed by atoms with Gasteiger partial charge in [0.2, 0.25) is 0 Å². The smallest absolute Gasteiger partial charge is 0.0562 e. The zero-order chi connectivity index (χ0) is 10.6. The normalized spacial score (nSPS) is 11.8. The van der Waals surface area contributed by atoms with Crippen molar-refractivity contribution in [3.63, 3.8) is 0 Å². The molecule has 1 nitrogen and oxygen atoms in total. The molecule has 0 heterocycles. The average Bonchev–Trinajstić information content (AvgIpc) is 2.16. The number of halogens is 3. The number of nitrogen functional groups attached to an aromatic ring is 1. The van der Waals surface area contributed by atoms with Crippen LogP contribution in [0.15, 0.2) is 33.7 Å².